The summed E-state index contributed by atoms with van der Waals surface area (Å²) >= 11 is 5.72. The first-order valence-electron chi connectivity index (χ1n) is 7.88. The van der Waals surface area contributed by atoms with Gasteiger partial charge in [0.2, 0.25) is 15.9 Å². The Bertz CT molecular complexity index is 970. The number of nitrogens with one attached hydrogen (secondary N) is 1. The van der Waals surface area contributed by atoms with E-state index in [0.717, 1.165) is 10.5 Å². The van der Waals surface area contributed by atoms with Crippen LogP contribution in [0.5, 0.6) is 0 Å². The van der Waals surface area contributed by atoms with E-state index in [-0.39, 0.29) is 23.1 Å². The van der Waals surface area contributed by atoms with Crippen molar-refractivity contribution in [3.8, 4) is 0 Å². The maximum atomic E-state index is 12.9. The molecule has 1 N–H and O–H groups in total. The summed E-state index contributed by atoms with van der Waals surface area (Å²) in [5, 5.41) is 2.79. The number of amides is 1. The highest BCUT2D eigenvalue weighted by molar-refractivity contribution is 7.89. The molecule has 1 amide bonds. The lowest BCUT2D eigenvalue weighted by Gasteiger charge is -2.20. The van der Waals surface area contributed by atoms with Crippen LogP contribution >= 0.6 is 11.6 Å². The molecular formula is C17H16ClN3O5S. The zero-order chi connectivity index (χ0) is 19.3. The number of nitrogens with zero attached hydrogens (tertiary/aromatic N) is 2. The third kappa shape index (κ3) is 4.97. The summed E-state index contributed by atoms with van der Waals surface area (Å²) in [6, 6.07) is 9.38. The quantitative estimate of drug-likeness (QED) is 0.573. The van der Waals surface area contributed by atoms with Gasteiger partial charge in [0.1, 0.15) is 21.6 Å². The van der Waals surface area contributed by atoms with Crippen LogP contribution in [0.1, 0.15) is 11.5 Å². The SMILES string of the molecule is O=C(CN(Cc1ccco1)S(=O)(=O)c1ccc(Cl)nc1)NCc1ccco1. The van der Waals surface area contributed by atoms with Gasteiger partial charge < -0.3 is 14.2 Å². The van der Waals surface area contributed by atoms with Gasteiger partial charge in [0.05, 0.1) is 32.2 Å². The Morgan fingerprint density at radius 2 is 1.81 bits per heavy atom. The zero-order valence-electron chi connectivity index (χ0n) is 14.0. The van der Waals surface area contributed by atoms with E-state index >= 15 is 0 Å². The molecule has 27 heavy (non-hydrogen) atoms. The third-order valence-electron chi connectivity index (χ3n) is 3.61. The van der Waals surface area contributed by atoms with Crippen molar-refractivity contribution in [1.29, 1.82) is 0 Å². The fourth-order valence-corrected chi connectivity index (χ4v) is 3.70. The van der Waals surface area contributed by atoms with Gasteiger partial charge in [-0.15, -0.1) is 0 Å². The van der Waals surface area contributed by atoms with Gasteiger partial charge in [-0.25, -0.2) is 13.4 Å². The highest BCUT2D eigenvalue weighted by Crippen LogP contribution is 2.19. The molecule has 0 aromatic carbocycles. The highest BCUT2D eigenvalue weighted by atomic mass is 35.5. The Balaban J connectivity index is 1.77. The summed E-state index contributed by atoms with van der Waals surface area (Å²) in [5.74, 6) is 0.480. The van der Waals surface area contributed by atoms with E-state index in [1.54, 1.807) is 24.3 Å². The van der Waals surface area contributed by atoms with Gasteiger partial charge in [-0.2, -0.15) is 4.31 Å². The molecule has 3 heterocycles. The summed E-state index contributed by atoms with van der Waals surface area (Å²) in [6.45, 7) is -0.346. The first-order chi connectivity index (χ1) is 12.9. The number of hydrogen-bond donors (Lipinski definition) is 1. The number of aromatic nitrogens is 1. The molecule has 0 unspecified atom stereocenters. The van der Waals surface area contributed by atoms with Gasteiger partial charge in [-0.05, 0) is 36.4 Å². The van der Waals surface area contributed by atoms with Crippen LogP contribution < -0.4 is 5.32 Å². The first kappa shape index (κ1) is 19.2. The van der Waals surface area contributed by atoms with Gasteiger partial charge in [-0.1, -0.05) is 11.6 Å². The van der Waals surface area contributed by atoms with Crippen molar-refractivity contribution in [3.05, 3.63) is 71.8 Å². The molecule has 3 aromatic rings. The molecule has 3 aromatic heterocycles. The van der Waals surface area contributed by atoms with Gasteiger partial charge in [0.15, 0.2) is 0 Å². The lowest BCUT2D eigenvalue weighted by Crippen LogP contribution is -2.40. The minimum absolute atomic E-state index is 0.0720. The monoisotopic (exact) mass is 409 g/mol. The number of furan rings is 2. The smallest absolute Gasteiger partial charge is 0.245 e. The molecule has 0 aliphatic carbocycles. The van der Waals surface area contributed by atoms with Crippen LogP contribution in [0.3, 0.4) is 0 Å². The largest absolute Gasteiger partial charge is 0.468 e. The van der Waals surface area contributed by atoms with Crippen molar-refractivity contribution in [3.63, 3.8) is 0 Å². The third-order valence-corrected chi connectivity index (χ3v) is 5.61. The van der Waals surface area contributed by atoms with Gasteiger partial charge >= 0.3 is 0 Å². The summed E-state index contributed by atoms with van der Waals surface area (Å²) in [4.78, 5) is 16.0. The minimum atomic E-state index is -3.99. The Labute approximate surface area is 160 Å². The molecule has 8 nitrogen and oxygen atoms in total. The van der Waals surface area contributed by atoms with Crippen LogP contribution in [-0.2, 0) is 27.9 Å². The number of carbonyl (C=O) groups excluding carboxylic acids is 1. The fourth-order valence-electron chi connectivity index (χ4n) is 2.28. The Morgan fingerprint density at radius 1 is 1.11 bits per heavy atom. The molecule has 0 aliphatic heterocycles. The van der Waals surface area contributed by atoms with E-state index in [2.05, 4.69) is 10.3 Å². The maximum absolute atomic E-state index is 12.9. The lowest BCUT2D eigenvalue weighted by atomic mass is 10.4. The number of hydrogen-bond acceptors (Lipinski definition) is 6. The van der Waals surface area contributed by atoms with Crippen molar-refractivity contribution >= 4 is 27.5 Å². The van der Waals surface area contributed by atoms with Crippen molar-refractivity contribution in [2.24, 2.45) is 0 Å². The van der Waals surface area contributed by atoms with Crippen molar-refractivity contribution < 1.29 is 22.0 Å². The molecule has 0 bridgehead atoms. The van der Waals surface area contributed by atoms with E-state index in [0.29, 0.717) is 11.5 Å². The number of halogens is 1. The molecule has 0 spiro atoms. The van der Waals surface area contributed by atoms with Crippen molar-refractivity contribution in [2.75, 3.05) is 6.54 Å². The number of pyridine rings is 1. The molecule has 0 atom stereocenters. The number of rotatable bonds is 8. The predicted octanol–water partition coefficient (Wildman–Crippen LogP) is 2.43. The maximum Gasteiger partial charge on any atom is 0.245 e. The fraction of sp³-hybridized carbons (Fsp3) is 0.176. The van der Waals surface area contributed by atoms with Gasteiger partial charge in [-0.3, -0.25) is 4.79 Å². The van der Waals surface area contributed by atoms with Gasteiger partial charge in [0, 0.05) is 6.20 Å². The van der Waals surface area contributed by atoms with E-state index in [9.17, 15) is 13.2 Å². The Hall–Kier alpha value is -2.62. The first-order valence-corrected chi connectivity index (χ1v) is 9.70. The number of carbonyl (C=O) groups is 1. The van der Waals surface area contributed by atoms with E-state index < -0.39 is 22.5 Å². The van der Waals surface area contributed by atoms with Crippen LogP contribution in [0.2, 0.25) is 5.15 Å². The average molecular weight is 410 g/mol. The van der Waals surface area contributed by atoms with E-state index in [1.165, 1.54) is 24.7 Å². The second-order valence-corrected chi connectivity index (χ2v) is 7.85. The molecule has 0 fully saturated rings. The van der Waals surface area contributed by atoms with Crippen LogP contribution in [0.15, 0.2) is 68.9 Å². The van der Waals surface area contributed by atoms with Gasteiger partial charge in [0.25, 0.3) is 0 Å². The van der Waals surface area contributed by atoms with E-state index in [1.807, 2.05) is 0 Å². The number of sulfonamides is 1. The molecular weight excluding hydrogens is 394 g/mol. The van der Waals surface area contributed by atoms with Crippen molar-refractivity contribution in [1.82, 2.24) is 14.6 Å². The second-order valence-electron chi connectivity index (χ2n) is 5.53. The molecule has 10 heteroatoms. The van der Waals surface area contributed by atoms with Crippen molar-refractivity contribution in [2.45, 2.75) is 18.0 Å². The summed E-state index contributed by atoms with van der Waals surface area (Å²) in [7, 11) is -3.99. The zero-order valence-corrected chi connectivity index (χ0v) is 15.6. The summed E-state index contributed by atoms with van der Waals surface area (Å²) in [5.41, 5.74) is 0. The summed E-state index contributed by atoms with van der Waals surface area (Å²) in [6.07, 6.45) is 4.07. The molecule has 0 radical (unpaired) electrons. The minimum Gasteiger partial charge on any atom is -0.468 e. The molecule has 0 saturated heterocycles. The lowest BCUT2D eigenvalue weighted by molar-refractivity contribution is -0.121. The van der Waals surface area contributed by atoms with Crippen LogP contribution in [0.25, 0.3) is 0 Å². The summed E-state index contributed by atoms with van der Waals surface area (Å²) < 4.78 is 37.3. The molecule has 3 rings (SSSR count). The Kier molecular flexibility index (Phi) is 5.94. The highest BCUT2D eigenvalue weighted by Gasteiger charge is 2.28. The van der Waals surface area contributed by atoms with Crippen LogP contribution in [0.4, 0.5) is 0 Å². The molecule has 0 saturated carbocycles. The normalized spacial score (nSPS) is 11.6. The van der Waals surface area contributed by atoms with Crippen LogP contribution in [-0.4, -0.2) is 30.2 Å². The predicted molar refractivity (Wildman–Crippen MR) is 96.1 cm³/mol. The Morgan fingerprint density at radius 3 is 2.41 bits per heavy atom. The topological polar surface area (TPSA) is 106 Å². The second kappa shape index (κ2) is 8.38. The van der Waals surface area contributed by atoms with Crippen LogP contribution in [0, 0.1) is 0 Å². The molecule has 0 aliphatic rings. The standard InChI is InChI=1S/C17H16ClN3O5S/c18-16-6-5-15(10-19-16)27(23,24)21(11-14-4-2-8-26-14)12-17(22)20-9-13-3-1-7-25-13/h1-8,10H,9,11-12H2,(H,20,22). The average Bonchev–Trinajstić information content (AvgIpc) is 3.34. The van der Waals surface area contributed by atoms with E-state index in [4.69, 9.17) is 20.4 Å². The molecule has 142 valence electrons.